The van der Waals surface area contributed by atoms with Gasteiger partial charge in [-0.3, -0.25) is 0 Å². The van der Waals surface area contributed by atoms with Gasteiger partial charge in [-0.2, -0.15) is 13.2 Å². The number of nitrogens with one attached hydrogen (secondary N) is 1. The first-order valence-corrected chi connectivity index (χ1v) is 5.60. The molecule has 0 saturated heterocycles. The van der Waals surface area contributed by atoms with Crippen molar-refractivity contribution in [3.63, 3.8) is 0 Å². The number of carbonyl (C=O) groups is 2. The van der Waals surface area contributed by atoms with E-state index in [1.807, 2.05) is 0 Å². The van der Waals surface area contributed by atoms with E-state index in [1.165, 1.54) is 0 Å². The quantitative estimate of drug-likeness (QED) is 0.683. The van der Waals surface area contributed by atoms with Gasteiger partial charge in [0.2, 0.25) is 0 Å². The standard InChI is InChI=1S/C13H12F3NO4/c1-20-11(18)7-10(12(19)21-2)17-9-5-3-8(4-6-9)13(14,15)16/h3-7,17H,1-2H3/b10-7-. The molecule has 21 heavy (non-hydrogen) atoms. The summed E-state index contributed by atoms with van der Waals surface area (Å²) in [4.78, 5) is 22.6. The van der Waals surface area contributed by atoms with E-state index in [9.17, 15) is 22.8 Å². The highest BCUT2D eigenvalue weighted by molar-refractivity contribution is 5.98. The lowest BCUT2D eigenvalue weighted by atomic mass is 10.2. The molecule has 1 N–H and O–H groups in total. The second-order valence-corrected chi connectivity index (χ2v) is 3.77. The van der Waals surface area contributed by atoms with Crippen molar-refractivity contribution in [3.05, 3.63) is 41.6 Å². The Kier molecular flexibility index (Phi) is 5.34. The molecule has 8 heteroatoms. The molecule has 0 amide bonds. The molecule has 0 aliphatic carbocycles. The molecule has 0 spiro atoms. The molecular formula is C13H12F3NO4. The summed E-state index contributed by atoms with van der Waals surface area (Å²) in [6, 6.07) is 3.93. The summed E-state index contributed by atoms with van der Waals surface area (Å²) >= 11 is 0. The lowest BCUT2D eigenvalue weighted by Crippen LogP contribution is -2.15. The van der Waals surface area contributed by atoms with Crippen LogP contribution in [-0.4, -0.2) is 26.2 Å². The fourth-order valence-electron chi connectivity index (χ4n) is 1.33. The Morgan fingerprint density at radius 3 is 2.10 bits per heavy atom. The number of alkyl halides is 3. The van der Waals surface area contributed by atoms with Crippen LogP contribution in [0.5, 0.6) is 0 Å². The smallest absolute Gasteiger partial charge is 0.416 e. The maximum atomic E-state index is 12.4. The van der Waals surface area contributed by atoms with Crippen molar-refractivity contribution in [2.75, 3.05) is 19.5 Å². The number of anilines is 1. The minimum Gasteiger partial charge on any atom is -0.466 e. The summed E-state index contributed by atoms with van der Waals surface area (Å²) in [5, 5.41) is 2.49. The molecule has 0 unspecified atom stereocenters. The predicted molar refractivity (Wildman–Crippen MR) is 67.2 cm³/mol. The molecule has 0 aliphatic rings. The third-order valence-electron chi connectivity index (χ3n) is 2.36. The fourth-order valence-corrected chi connectivity index (χ4v) is 1.33. The lowest BCUT2D eigenvalue weighted by molar-refractivity contribution is -0.138. The van der Waals surface area contributed by atoms with E-state index in [0.29, 0.717) is 0 Å². The normalized spacial score (nSPS) is 11.8. The van der Waals surface area contributed by atoms with Crippen molar-refractivity contribution in [2.24, 2.45) is 0 Å². The molecule has 0 aromatic heterocycles. The first-order chi connectivity index (χ1) is 9.77. The average molecular weight is 303 g/mol. The third kappa shape index (κ3) is 4.83. The minimum atomic E-state index is -4.45. The van der Waals surface area contributed by atoms with Gasteiger partial charge < -0.3 is 14.8 Å². The molecule has 0 aliphatic heterocycles. The third-order valence-corrected chi connectivity index (χ3v) is 2.36. The van der Waals surface area contributed by atoms with Crippen molar-refractivity contribution in [1.29, 1.82) is 0 Å². The number of esters is 2. The van der Waals surface area contributed by atoms with E-state index >= 15 is 0 Å². The van der Waals surface area contributed by atoms with Gasteiger partial charge in [0.15, 0.2) is 0 Å². The number of rotatable bonds is 4. The molecule has 0 radical (unpaired) electrons. The lowest BCUT2D eigenvalue weighted by Gasteiger charge is -2.11. The van der Waals surface area contributed by atoms with Crippen LogP contribution in [0.2, 0.25) is 0 Å². The highest BCUT2D eigenvalue weighted by Gasteiger charge is 2.30. The molecular weight excluding hydrogens is 291 g/mol. The SMILES string of the molecule is COC(=O)/C=C(\Nc1ccc(C(F)(F)F)cc1)C(=O)OC. The van der Waals surface area contributed by atoms with E-state index in [4.69, 9.17) is 0 Å². The van der Waals surface area contributed by atoms with E-state index in [-0.39, 0.29) is 11.4 Å². The number of benzene rings is 1. The van der Waals surface area contributed by atoms with Crippen LogP contribution in [0.25, 0.3) is 0 Å². The number of hydrogen-bond donors (Lipinski definition) is 1. The van der Waals surface area contributed by atoms with E-state index in [1.54, 1.807) is 0 Å². The van der Waals surface area contributed by atoms with Gasteiger partial charge in [0, 0.05) is 5.69 Å². The van der Waals surface area contributed by atoms with Crippen LogP contribution in [0.4, 0.5) is 18.9 Å². The van der Waals surface area contributed by atoms with Gasteiger partial charge in [-0.1, -0.05) is 0 Å². The highest BCUT2D eigenvalue weighted by Crippen LogP contribution is 2.30. The molecule has 0 fully saturated rings. The number of hydrogen-bond acceptors (Lipinski definition) is 5. The number of carbonyl (C=O) groups excluding carboxylic acids is 2. The topological polar surface area (TPSA) is 64.6 Å². The van der Waals surface area contributed by atoms with Gasteiger partial charge in [-0.15, -0.1) is 0 Å². The Morgan fingerprint density at radius 1 is 1.10 bits per heavy atom. The van der Waals surface area contributed by atoms with Crippen LogP contribution in [0.15, 0.2) is 36.0 Å². The van der Waals surface area contributed by atoms with Crippen LogP contribution < -0.4 is 5.32 Å². The number of methoxy groups -OCH3 is 2. The number of halogens is 3. The summed E-state index contributed by atoms with van der Waals surface area (Å²) < 4.78 is 46.1. The molecule has 1 aromatic carbocycles. The maximum absolute atomic E-state index is 12.4. The van der Waals surface area contributed by atoms with E-state index in [2.05, 4.69) is 14.8 Å². The Bertz CT molecular complexity index is 550. The molecule has 1 rings (SSSR count). The summed E-state index contributed by atoms with van der Waals surface area (Å²) in [6.07, 6.45) is -3.62. The van der Waals surface area contributed by atoms with Crippen LogP contribution in [0, 0.1) is 0 Å². The van der Waals surface area contributed by atoms with Gasteiger partial charge in [-0.05, 0) is 24.3 Å². The van der Waals surface area contributed by atoms with Crippen LogP contribution in [0.3, 0.4) is 0 Å². The van der Waals surface area contributed by atoms with Crippen molar-refractivity contribution >= 4 is 17.6 Å². The molecule has 114 valence electrons. The molecule has 0 atom stereocenters. The van der Waals surface area contributed by atoms with Crippen LogP contribution >= 0.6 is 0 Å². The average Bonchev–Trinajstić information content (AvgIpc) is 2.45. The number of ether oxygens (including phenoxy) is 2. The van der Waals surface area contributed by atoms with Gasteiger partial charge in [-0.25, -0.2) is 9.59 Å². The predicted octanol–water partition coefficient (Wildman–Crippen LogP) is 2.35. The first kappa shape index (κ1) is 16.5. The first-order valence-electron chi connectivity index (χ1n) is 5.60. The van der Waals surface area contributed by atoms with Crippen LogP contribution in [0.1, 0.15) is 5.56 Å². The summed E-state index contributed by atoms with van der Waals surface area (Å²) in [5.41, 5.74) is -0.905. The zero-order chi connectivity index (χ0) is 16.0. The Balaban J connectivity index is 2.97. The molecule has 5 nitrogen and oxygen atoms in total. The van der Waals surface area contributed by atoms with Gasteiger partial charge >= 0.3 is 18.1 Å². The fraction of sp³-hybridized carbons (Fsp3) is 0.231. The molecule has 0 bridgehead atoms. The van der Waals surface area contributed by atoms with Crippen molar-refractivity contribution in [2.45, 2.75) is 6.18 Å². The van der Waals surface area contributed by atoms with E-state index in [0.717, 1.165) is 44.6 Å². The van der Waals surface area contributed by atoms with Crippen molar-refractivity contribution < 1.29 is 32.2 Å². The second kappa shape index (κ2) is 6.78. The zero-order valence-electron chi connectivity index (χ0n) is 11.2. The summed E-state index contributed by atoms with van der Waals surface area (Å²) in [7, 11) is 2.22. The summed E-state index contributed by atoms with van der Waals surface area (Å²) in [6.45, 7) is 0. The second-order valence-electron chi connectivity index (χ2n) is 3.77. The monoisotopic (exact) mass is 303 g/mol. The summed E-state index contributed by atoms with van der Waals surface area (Å²) in [5.74, 6) is -1.67. The van der Waals surface area contributed by atoms with Crippen molar-refractivity contribution in [3.8, 4) is 0 Å². The Hall–Kier alpha value is -2.51. The Morgan fingerprint density at radius 2 is 1.67 bits per heavy atom. The molecule has 0 saturated carbocycles. The largest absolute Gasteiger partial charge is 0.466 e. The molecule has 1 aromatic rings. The van der Waals surface area contributed by atoms with E-state index < -0.39 is 23.7 Å². The van der Waals surface area contributed by atoms with Gasteiger partial charge in [0.25, 0.3) is 0 Å². The maximum Gasteiger partial charge on any atom is 0.416 e. The zero-order valence-corrected chi connectivity index (χ0v) is 11.2. The Labute approximate surface area is 118 Å². The molecule has 0 heterocycles. The minimum absolute atomic E-state index is 0.184. The van der Waals surface area contributed by atoms with Crippen molar-refractivity contribution in [1.82, 2.24) is 0 Å². The highest BCUT2D eigenvalue weighted by atomic mass is 19.4. The van der Waals surface area contributed by atoms with Crippen LogP contribution in [-0.2, 0) is 25.2 Å². The van der Waals surface area contributed by atoms with Gasteiger partial charge in [0.05, 0.1) is 25.9 Å². The van der Waals surface area contributed by atoms with Gasteiger partial charge in [0.1, 0.15) is 5.70 Å².